The third-order valence-corrected chi connectivity index (χ3v) is 7.59. The van der Waals surface area contributed by atoms with Gasteiger partial charge in [0.15, 0.2) is 0 Å². The normalized spacial score (nSPS) is 20.2. The molecule has 28 heavy (non-hydrogen) atoms. The fourth-order valence-electron chi connectivity index (χ4n) is 3.49. The molecule has 1 aromatic carbocycles. The molecule has 1 aliphatic carbocycles. The van der Waals surface area contributed by atoms with Crippen molar-refractivity contribution in [2.45, 2.75) is 42.5 Å². The van der Waals surface area contributed by atoms with E-state index in [1.807, 2.05) is 5.38 Å². The van der Waals surface area contributed by atoms with Crippen molar-refractivity contribution in [3.8, 4) is 5.75 Å². The van der Waals surface area contributed by atoms with Gasteiger partial charge in [-0.25, -0.2) is 18.1 Å². The molecular weight excluding hydrogens is 398 g/mol. The molecule has 9 heteroatoms. The van der Waals surface area contributed by atoms with E-state index in [4.69, 9.17) is 4.74 Å². The van der Waals surface area contributed by atoms with E-state index < -0.39 is 10.0 Å². The highest BCUT2D eigenvalue weighted by Gasteiger charge is 2.32. The van der Waals surface area contributed by atoms with E-state index in [9.17, 15) is 13.2 Å². The number of ether oxygens (including phenoxy) is 1. The summed E-state index contributed by atoms with van der Waals surface area (Å²) in [7, 11) is -2.30. The first kappa shape index (κ1) is 19.4. The van der Waals surface area contributed by atoms with E-state index in [2.05, 4.69) is 9.71 Å². The van der Waals surface area contributed by atoms with Crippen molar-refractivity contribution >= 4 is 27.3 Å². The van der Waals surface area contributed by atoms with E-state index in [-0.39, 0.29) is 28.5 Å². The minimum Gasteiger partial charge on any atom is -0.495 e. The predicted octanol–water partition coefficient (Wildman–Crippen LogP) is 2.61. The number of sulfonamides is 1. The number of methoxy groups -OCH3 is 1. The molecule has 1 aliphatic heterocycles. The van der Waals surface area contributed by atoms with Gasteiger partial charge in [0.05, 0.1) is 12.1 Å². The van der Waals surface area contributed by atoms with Crippen LogP contribution in [0.3, 0.4) is 0 Å². The standard InChI is InChI=1S/C19H23N3O4S2/c1-26-16-7-4-13(11-17(16)28(24,25)21-15-5-6-15)19(23)22-9-2-3-14(12-22)18-20-8-10-27-18/h4,7-8,10-11,14-15,21H,2-3,5-6,9,12H2,1H3. The Morgan fingerprint density at radius 2 is 2.14 bits per heavy atom. The van der Waals surface area contributed by atoms with Gasteiger partial charge in [-0.3, -0.25) is 4.79 Å². The van der Waals surface area contributed by atoms with Crippen LogP contribution in [0.15, 0.2) is 34.7 Å². The lowest BCUT2D eigenvalue weighted by atomic mass is 9.98. The average Bonchev–Trinajstić information content (AvgIpc) is 3.33. The molecule has 1 saturated heterocycles. The maximum Gasteiger partial charge on any atom is 0.253 e. The molecule has 2 fully saturated rings. The molecule has 1 saturated carbocycles. The zero-order chi connectivity index (χ0) is 19.7. The summed E-state index contributed by atoms with van der Waals surface area (Å²) >= 11 is 1.61. The number of likely N-dealkylation sites (tertiary alicyclic amines) is 1. The van der Waals surface area contributed by atoms with Gasteiger partial charge in [0.1, 0.15) is 10.6 Å². The quantitative estimate of drug-likeness (QED) is 0.775. The second kappa shape index (κ2) is 7.81. The van der Waals surface area contributed by atoms with Crippen molar-refractivity contribution in [1.82, 2.24) is 14.6 Å². The summed E-state index contributed by atoms with van der Waals surface area (Å²) in [5, 5.41) is 2.99. The SMILES string of the molecule is COc1ccc(C(=O)N2CCCC(c3nccs3)C2)cc1S(=O)(=O)NC1CC1. The lowest BCUT2D eigenvalue weighted by Gasteiger charge is -2.32. The number of amides is 1. The summed E-state index contributed by atoms with van der Waals surface area (Å²) in [6.07, 6.45) is 5.37. The van der Waals surface area contributed by atoms with E-state index in [0.29, 0.717) is 18.7 Å². The summed E-state index contributed by atoms with van der Waals surface area (Å²) in [6.45, 7) is 1.26. The molecule has 7 nitrogen and oxygen atoms in total. The first-order valence-electron chi connectivity index (χ1n) is 9.37. The molecule has 2 aromatic rings. The van der Waals surface area contributed by atoms with Gasteiger partial charge >= 0.3 is 0 Å². The summed E-state index contributed by atoms with van der Waals surface area (Å²) in [4.78, 5) is 19.3. The van der Waals surface area contributed by atoms with Crippen LogP contribution in [0.5, 0.6) is 5.75 Å². The number of hydrogen-bond donors (Lipinski definition) is 1. The Hall–Kier alpha value is -1.97. The Kier molecular flexibility index (Phi) is 5.39. The zero-order valence-corrected chi connectivity index (χ0v) is 17.3. The van der Waals surface area contributed by atoms with Crippen molar-refractivity contribution in [1.29, 1.82) is 0 Å². The van der Waals surface area contributed by atoms with Crippen molar-refractivity contribution < 1.29 is 17.9 Å². The van der Waals surface area contributed by atoms with Gasteiger partial charge in [0, 0.05) is 42.2 Å². The number of nitrogens with one attached hydrogen (secondary N) is 1. The molecule has 1 unspecified atom stereocenters. The van der Waals surface area contributed by atoms with E-state index in [1.165, 1.54) is 13.2 Å². The topological polar surface area (TPSA) is 88.6 Å². The predicted molar refractivity (Wildman–Crippen MR) is 106 cm³/mol. The van der Waals surface area contributed by atoms with E-state index in [0.717, 1.165) is 30.7 Å². The number of benzene rings is 1. The first-order chi connectivity index (χ1) is 13.5. The first-order valence-corrected chi connectivity index (χ1v) is 11.7. The van der Waals surface area contributed by atoms with Gasteiger partial charge < -0.3 is 9.64 Å². The smallest absolute Gasteiger partial charge is 0.253 e. The van der Waals surface area contributed by atoms with Crippen molar-refractivity contribution in [3.63, 3.8) is 0 Å². The fourth-order valence-corrected chi connectivity index (χ4v) is 5.75. The van der Waals surface area contributed by atoms with Crippen LogP contribution >= 0.6 is 11.3 Å². The third kappa shape index (κ3) is 4.06. The number of carbonyl (C=O) groups excluding carboxylic acids is 1. The van der Waals surface area contributed by atoms with Gasteiger partial charge in [-0.05, 0) is 43.9 Å². The highest BCUT2D eigenvalue weighted by Crippen LogP contribution is 2.31. The van der Waals surface area contributed by atoms with Crippen LogP contribution in [-0.2, 0) is 10.0 Å². The zero-order valence-electron chi connectivity index (χ0n) is 15.6. The maximum absolute atomic E-state index is 13.1. The molecule has 1 aromatic heterocycles. The van der Waals surface area contributed by atoms with Gasteiger partial charge in [-0.1, -0.05) is 0 Å². The van der Waals surface area contributed by atoms with E-state index in [1.54, 1.807) is 34.6 Å². The van der Waals surface area contributed by atoms with Crippen molar-refractivity contribution in [2.24, 2.45) is 0 Å². The number of rotatable bonds is 6. The summed E-state index contributed by atoms with van der Waals surface area (Å²) in [6, 6.07) is 4.59. The van der Waals surface area contributed by atoms with Crippen LogP contribution < -0.4 is 9.46 Å². The highest BCUT2D eigenvalue weighted by atomic mass is 32.2. The fraction of sp³-hybridized carbons (Fsp3) is 0.474. The third-order valence-electron chi connectivity index (χ3n) is 5.11. The van der Waals surface area contributed by atoms with Crippen LogP contribution in [0.2, 0.25) is 0 Å². The minimum absolute atomic E-state index is 0.0150. The van der Waals surface area contributed by atoms with E-state index >= 15 is 0 Å². The Labute approximate surface area is 168 Å². The molecule has 0 radical (unpaired) electrons. The van der Waals surface area contributed by atoms with Gasteiger partial charge in [-0.2, -0.15) is 0 Å². The molecule has 2 heterocycles. The van der Waals surface area contributed by atoms with Crippen LogP contribution in [0.25, 0.3) is 0 Å². The molecule has 1 atom stereocenters. The van der Waals surface area contributed by atoms with Crippen LogP contribution in [0.1, 0.15) is 47.0 Å². The minimum atomic E-state index is -3.73. The van der Waals surface area contributed by atoms with Gasteiger partial charge in [-0.15, -0.1) is 11.3 Å². The molecule has 2 aliphatic rings. The Morgan fingerprint density at radius 1 is 1.32 bits per heavy atom. The molecule has 4 rings (SSSR count). The Bertz CT molecular complexity index is 956. The summed E-state index contributed by atoms with van der Waals surface area (Å²) < 4.78 is 33.3. The number of thiazole rings is 1. The van der Waals surface area contributed by atoms with Gasteiger partial charge in [0.25, 0.3) is 5.91 Å². The molecule has 0 spiro atoms. The second-order valence-electron chi connectivity index (χ2n) is 7.22. The van der Waals surface area contributed by atoms with Crippen molar-refractivity contribution in [2.75, 3.05) is 20.2 Å². The Morgan fingerprint density at radius 3 is 2.82 bits per heavy atom. The Balaban J connectivity index is 1.58. The summed E-state index contributed by atoms with van der Waals surface area (Å²) in [5.41, 5.74) is 0.358. The number of aromatic nitrogens is 1. The average molecular weight is 422 g/mol. The number of carbonyl (C=O) groups is 1. The lowest BCUT2D eigenvalue weighted by Crippen LogP contribution is -2.39. The molecule has 150 valence electrons. The number of nitrogens with zero attached hydrogens (tertiary/aromatic N) is 2. The number of piperidine rings is 1. The van der Waals surface area contributed by atoms with Crippen LogP contribution in [0.4, 0.5) is 0 Å². The summed E-state index contributed by atoms with van der Waals surface area (Å²) in [5.74, 6) is 0.312. The maximum atomic E-state index is 13.1. The molecule has 0 bridgehead atoms. The largest absolute Gasteiger partial charge is 0.495 e. The number of hydrogen-bond acceptors (Lipinski definition) is 6. The lowest BCUT2D eigenvalue weighted by molar-refractivity contribution is 0.0706. The second-order valence-corrected chi connectivity index (χ2v) is 9.83. The molecule has 1 N–H and O–H groups in total. The van der Waals surface area contributed by atoms with Crippen LogP contribution in [0, 0.1) is 0 Å². The highest BCUT2D eigenvalue weighted by molar-refractivity contribution is 7.89. The molecular formula is C19H23N3O4S2. The molecule has 1 amide bonds. The van der Waals surface area contributed by atoms with Crippen LogP contribution in [-0.4, -0.2) is 50.5 Å². The van der Waals surface area contributed by atoms with Gasteiger partial charge in [0.2, 0.25) is 10.0 Å². The monoisotopic (exact) mass is 421 g/mol. The van der Waals surface area contributed by atoms with Crippen molar-refractivity contribution in [3.05, 3.63) is 40.3 Å².